The second-order valence-corrected chi connectivity index (χ2v) is 17.4. The number of nitrogens with one attached hydrogen (secondary N) is 1. The maximum absolute atomic E-state index is 13.6. The van der Waals surface area contributed by atoms with Crippen LogP contribution in [0.15, 0.2) is 11.6 Å². The van der Waals surface area contributed by atoms with Crippen molar-refractivity contribution in [2.45, 2.75) is 169 Å². The lowest BCUT2D eigenvalue weighted by molar-refractivity contribution is -0.0539. The minimum atomic E-state index is -0.137. The number of nitrogens with two attached hydrogens (primary N) is 2. The smallest absolute Gasteiger partial charge is 0.410 e. The number of amides is 1. The van der Waals surface area contributed by atoms with Crippen molar-refractivity contribution < 1.29 is 9.53 Å². The number of hydrogen-bond donors (Lipinski definition) is 3. The number of nitrogens with zero attached hydrogens (tertiary/aromatic N) is 1. The molecule has 10 unspecified atom stereocenters. The molecule has 0 spiro atoms. The van der Waals surface area contributed by atoms with Crippen LogP contribution in [0, 0.1) is 46.3 Å². The third kappa shape index (κ3) is 9.17. The van der Waals surface area contributed by atoms with E-state index in [-0.39, 0.29) is 23.7 Å². The van der Waals surface area contributed by atoms with Gasteiger partial charge >= 0.3 is 6.09 Å². The van der Waals surface area contributed by atoms with E-state index in [4.69, 9.17) is 16.2 Å². The van der Waals surface area contributed by atoms with Gasteiger partial charge in [-0.25, -0.2) is 4.79 Å². The number of fused-ring (bicyclic) bond motifs is 5. The summed E-state index contributed by atoms with van der Waals surface area (Å²) in [6, 6.07) is 0.528. The average molecular weight is 657 g/mol. The first-order chi connectivity index (χ1) is 22.5. The van der Waals surface area contributed by atoms with Gasteiger partial charge in [0.25, 0.3) is 0 Å². The van der Waals surface area contributed by atoms with E-state index in [1.165, 1.54) is 57.8 Å². The molecule has 4 aliphatic carbocycles. The molecule has 0 aromatic rings. The Morgan fingerprint density at radius 2 is 1.74 bits per heavy atom. The van der Waals surface area contributed by atoms with Crippen LogP contribution in [0.2, 0.25) is 0 Å². The van der Waals surface area contributed by atoms with Gasteiger partial charge in [-0.15, -0.1) is 0 Å². The molecule has 1 amide bonds. The van der Waals surface area contributed by atoms with Gasteiger partial charge in [0.1, 0.15) is 6.10 Å². The molecule has 3 saturated carbocycles. The minimum absolute atomic E-state index is 0.00719. The Labute approximate surface area is 290 Å². The van der Waals surface area contributed by atoms with Crippen LogP contribution in [0.1, 0.15) is 151 Å². The monoisotopic (exact) mass is 657 g/mol. The lowest BCUT2D eigenvalue weighted by atomic mass is 9.47. The van der Waals surface area contributed by atoms with Crippen LogP contribution in [0.4, 0.5) is 4.79 Å². The Bertz CT molecular complexity index is 1000. The van der Waals surface area contributed by atoms with Crippen molar-refractivity contribution in [2.75, 3.05) is 26.2 Å². The molecule has 272 valence electrons. The molecule has 0 aromatic heterocycles. The van der Waals surface area contributed by atoms with Gasteiger partial charge in [-0.2, -0.15) is 0 Å². The van der Waals surface area contributed by atoms with E-state index in [9.17, 15) is 4.79 Å². The van der Waals surface area contributed by atoms with Gasteiger partial charge in [-0.3, -0.25) is 0 Å². The van der Waals surface area contributed by atoms with Gasteiger partial charge < -0.3 is 26.4 Å². The normalized spacial score (nSPS) is 33.7. The minimum Gasteiger partial charge on any atom is -0.446 e. The van der Waals surface area contributed by atoms with Crippen LogP contribution in [0.5, 0.6) is 0 Å². The van der Waals surface area contributed by atoms with Crippen LogP contribution in [0.3, 0.4) is 0 Å². The maximum Gasteiger partial charge on any atom is 0.410 e. The van der Waals surface area contributed by atoms with Crippen molar-refractivity contribution >= 4 is 6.09 Å². The van der Waals surface area contributed by atoms with Crippen LogP contribution < -0.4 is 16.8 Å². The molecule has 3 fully saturated rings. The summed E-state index contributed by atoms with van der Waals surface area (Å²) in [5, 5.41) is 3.55. The second kappa shape index (κ2) is 17.7. The van der Waals surface area contributed by atoms with Gasteiger partial charge in [-0.05, 0) is 157 Å². The maximum atomic E-state index is 13.6. The van der Waals surface area contributed by atoms with Crippen LogP contribution >= 0.6 is 0 Å². The van der Waals surface area contributed by atoms with E-state index in [1.807, 2.05) is 4.90 Å². The number of allylic oxidation sites excluding steroid dienone is 1. The molecule has 4 rings (SSSR count). The number of ether oxygens (including phenoxy) is 1. The van der Waals surface area contributed by atoms with Gasteiger partial charge in [0.05, 0.1) is 0 Å². The van der Waals surface area contributed by atoms with Crippen molar-refractivity contribution in [3.05, 3.63) is 11.6 Å². The Morgan fingerprint density at radius 3 is 2.45 bits per heavy atom. The highest BCUT2D eigenvalue weighted by atomic mass is 16.6. The van der Waals surface area contributed by atoms with Crippen molar-refractivity contribution in [1.82, 2.24) is 10.2 Å². The highest BCUT2D eigenvalue weighted by molar-refractivity contribution is 5.68. The molecule has 47 heavy (non-hydrogen) atoms. The zero-order chi connectivity index (χ0) is 34.2. The molecule has 0 saturated heterocycles. The van der Waals surface area contributed by atoms with Gasteiger partial charge in [0.2, 0.25) is 0 Å². The first kappa shape index (κ1) is 38.7. The molecule has 4 aliphatic rings. The zero-order valence-corrected chi connectivity index (χ0v) is 31.8. The first-order valence-electron chi connectivity index (χ1n) is 20.3. The number of unbranched alkanes of at least 4 members (excludes halogenated alkanes) is 1. The van der Waals surface area contributed by atoms with E-state index in [0.717, 1.165) is 93.5 Å². The topological polar surface area (TPSA) is 93.6 Å². The average Bonchev–Trinajstić information content (AvgIpc) is 3.37. The van der Waals surface area contributed by atoms with Crippen molar-refractivity contribution in [3.63, 3.8) is 0 Å². The van der Waals surface area contributed by atoms with Gasteiger partial charge in [0, 0.05) is 25.0 Å². The van der Waals surface area contributed by atoms with Crippen molar-refractivity contribution in [3.8, 4) is 0 Å². The fraction of sp³-hybridized carbons (Fsp3) is 0.927. The van der Waals surface area contributed by atoms with Crippen LogP contribution in [-0.2, 0) is 4.74 Å². The predicted octanol–water partition coefficient (Wildman–Crippen LogP) is 9.07. The second-order valence-electron chi connectivity index (χ2n) is 17.4. The summed E-state index contributed by atoms with van der Waals surface area (Å²) in [5.41, 5.74) is 14.0. The molecule has 0 bridgehead atoms. The fourth-order valence-corrected chi connectivity index (χ4v) is 11.2. The molecule has 6 heteroatoms. The van der Waals surface area contributed by atoms with Crippen LogP contribution in [-0.4, -0.2) is 55.4 Å². The third-order valence-corrected chi connectivity index (χ3v) is 14.4. The molecule has 0 aromatic carbocycles. The summed E-state index contributed by atoms with van der Waals surface area (Å²) >= 11 is 0. The Hall–Kier alpha value is -1.11. The Kier molecular flexibility index (Phi) is 14.6. The SMILES string of the molecule is CCC(CCCC1CCC2C3CC=C4CC(OC(=O)N(CCCCNC(C)CCN)C(C)CCN)CCC4(C)C3CCC12C)C(C)C. The standard InChI is InChI=1S/C41H76N4O2/c1-8-32(29(2)3)12-11-13-33-15-17-37-36-16-14-34-28-35(18-22-41(34,7)38(36)19-23-40(33,37)6)47-39(46)45(31(5)21-25-43)27-10-9-26-44-30(4)20-24-42/h14,29-33,35-38,44H,8-13,15-28,42-43H2,1-7H3. The molecule has 6 nitrogen and oxygen atoms in total. The molecule has 0 aliphatic heterocycles. The number of hydrogen-bond acceptors (Lipinski definition) is 5. The van der Waals surface area contributed by atoms with Gasteiger partial charge in [-0.1, -0.05) is 65.5 Å². The predicted molar refractivity (Wildman–Crippen MR) is 198 cm³/mol. The summed E-state index contributed by atoms with van der Waals surface area (Å²) in [4.78, 5) is 15.6. The number of carbonyl (C=O) groups excluding carboxylic acids is 1. The zero-order valence-electron chi connectivity index (χ0n) is 31.8. The molecule has 0 radical (unpaired) electrons. The summed E-state index contributed by atoms with van der Waals surface area (Å²) in [6.07, 6.45) is 21.9. The van der Waals surface area contributed by atoms with E-state index < -0.39 is 0 Å². The molecule has 5 N–H and O–H groups in total. The lowest BCUT2D eigenvalue weighted by Gasteiger charge is -2.58. The summed E-state index contributed by atoms with van der Waals surface area (Å²) in [7, 11) is 0. The van der Waals surface area contributed by atoms with E-state index in [0.29, 0.717) is 24.5 Å². The van der Waals surface area contributed by atoms with Crippen molar-refractivity contribution in [1.29, 1.82) is 0 Å². The summed E-state index contributed by atoms with van der Waals surface area (Å²) in [5.74, 6) is 5.16. The first-order valence-corrected chi connectivity index (χ1v) is 20.3. The highest BCUT2D eigenvalue weighted by Gasteiger charge is 2.58. The van der Waals surface area contributed by atoms with Crippen molar-refractivity contribution in [2.24, 2.45) is 57.8 Å². The largest absolute Gasteiger partial charge is 0.446 e. The highest BCUT2D eigenvalue weighted by Crippen LogP contribution is 2.67. The summed E-state index contributed by atoms with van der Waals surface area (Å²) in [6.45, 7) is 19.8. The Balaban J connectivity index is 1.32. The molecular formula is C41H76N4O2. The van der Waals surface area contributed by atoms with E-state index >= 15 is 0 Å². The molecule has 0 heterocycles. The van der Waals surface area contributed by atoms with Gasteiger partial charge in [0.15, 0.2) is 0 Å². The lowest BCUT2D eigenvalue weighted by Crippen LogP contribution is -2.51. The third-order valence-electron chi connectivity index (χ3n) is 14.4. The Morgan fingerprint density at radius 1 is 0.979 bits per heavy atom. The molecular weight excluding hydrogens is 580 g/mol. The quantitative estimate of drug-likeness (QED) is 0.101. The van der Waals surface area contributed by atoms with E-state index in [1.54, 1.807) is 5.57 Å². The number of rotatable bonds is 18. The van der Waals surface area contributed by atoms with E-state index in [2.05, 4.69) is 59.9 Å². The molecule has 10 atom stereocenters. The fourth-order valence-electron chi connectivity index (χ4n) is 11.2. The summed E-state index contributed by atoms with van der Waals surface area (Å²) < 4.78 is 6.33. The number of carbonyl (C=O) groups is 1. The van der Waals surface area contributed by atoms with Crippen LogP contribution in [0.25, 0.3) is 0 Å².